The van der Waals surface area contributed by atoms with Gasteiger partial charge in [0.05, 0.1) is 31.3 Å². The number of fused-ring (bicyclic) bond motifs is 1. The highest BCUT2D eigenvalue weighted by molar-refractivity contribution is 5.93. The highest BCUT2D eigenvalue weighted by atomic mass is 16.5. The van der Waals surface area contributed by atoms with Crippen LogP contribution in [0.1, 0.15) is 35.7 Å². The van der Waals surface area contributed by atoms with Gasteiger partial charge in [0.1, 0.15) is 17.1 Å². The first kappa shape index (κ1) is 25.0. The number of methoxy groups -OCH3 is 2. The summed E-state index contributed by atoms with van der Waals surface area (Å²) in [6.45, 7) is 8.38. The van der Waals surface area contributed by atoms with Crippen molar-refractivity contribution >= 4 is 22.6 Å². The van der Waals surface area contributed by atoms with Crippen molar-refractivity contribution < 1.29 is 14.3 Å². The standard InChI is InChI=1S/C28H32N4O4/c1-7-31-27-26(19(4)30-32(27)23-11-9-8-10-17(23)2)18(3)21(28(31)34)13-15-25(33)29-22-14-12-20(35-5)16-24(22)36-6/h8-12,14,16H,7,13,15H2,1-6H3,(H,29,33). The summed E-state index contributed by atoms with van der Waals surface area (Å²) < 4.78 is 14.2. The maximum Gasteiger partial charge on any atom is 0.255 e. The summed E-state index contributed by atoms with van der Waals surface area (Å²) in [5, 5.41) is 8.65. The third-order valence-corrected chi connectivity index (χ3v) is 6.57. The van der Waals surface area contributed by atoms with E-state index in [1.54, 1.807) is 29.9 Å². The number of nitrogens with one attached hydrogen (secondary N) is 1. The minimum atomic E-state index is -0.201. The van der Waals surface area contributed by atoms with E-state index in [4.69, 9.17) is 14.6 Å². The summed E-state index contributed by atoms with van der Waals surface area (Å²) in [5.74, 6) is 0.941. The average Bonchev–Trinajstić information content (AvgIpc) is 3.21. The van der Waals surface area contributed by atoms with E-state index in [1.807, 2.05) is 56.6 Å². The molecule has 0 spiro atoms. The topological polar surface area (TPSA) is 87.4 Å². The number of amides is 1. The number of ether oxygens (including phenoxy) is 2. The molecule has 2 aromatic carbocycles. The lowest BCUT2D eigenvalue weighted by atomic mass is 10.0. The Bertz CT molecular complexity index is 1500. The molecule has 0 fully saturated rings. The van der Waals surface area contributed by atoms with Gasteiger partial charge in [0.15, 0.2) is 0 Å². The number of anilines is 1. The monoisotopic (exact) mass is 488 g/mol. The van der Waals surface area contributed by atoms with Crippen LogP contribution in [0.15, 0.2) is 47.3 Å². The Balaban J connectivity index is 1.68. The molecule has 36 heavy (non-hydrogen) atoms. The number of nitrogens with zero attached hydrogens (tertiary/aromatic N) is 3. The number of aryl methyl sites for hydroxylation is 4. The van der Waals surface area contributed by atoms with Gasteiger partial charge in [-0.1, -0.05) is 18.2 Å². The van der Waals surface area contributed by atoms with Crippen molar-refractivity contribution in [1.29, 1.82) is 0 Å². The Morgan fingerprint density at radius 1 is 1.06 bits per heavy atom. The van der Waals surface area contributed by atoms with Gasteiger partial charge in [0.25, 0.3) is 5.56 Å². The number of carbonyl (C=O) groups excluding carboxylic acids is 1. The molecule has 1 N–H and O–H groups in total. The van der Waals surface area contributed by atoms with E-state index in [2.05, 4.69) is 5.32 Å². The zero-order valence-corrected chi connectivity index (χ0v) is 21.6. The van der Waals surface area contributed by atoms with E-state index < -0.39 is 0 Å². The van der Waals surface area contributed by atoms with E-state index >= 15 is 0 Å². The zero-order chi connectivity index (χ0) is 26.0. The molecule has 8 heteroatoms. The van der Waals surface area contributed by atoms with E-state index in [0.717, 1.165) is 33.5 Å². The molecule has 2 heterocycles. The molecule has 0 bridgehead atoms. The van der Waals surface area contributed by atoms with Crippen molar-refractivity contribution in [3.8, 4) is 17.2 Å². The zero-order valence-electron chi connectivity index (χ0n) is 21.6. The molecule has 0 aliphatic rings. The molecule has 0 unspecified atom stereocenters. The van der Waals surface area contributed by atoms with Crippen LogP contribution < -0.4 is 20.3 Å². The second kappa shape index (κ2) is 10.3. The van der Waals surface area contributed by atoms with E-state index in [9.17, 15) is 9.59 Å². The molecule has 0 radical (unpaired) electrons. The molecular formula is C28H32N4O4. The Labute approximate surface area is 210 Å². The fourth-order valence-corrected chi connectivity index (χ4v) is 4.68. The summed E-state index contributed by atoms with van der Waals surface area (Å²) >= 11 is 0. The Hall–Kier alpha value is -4.07. The van der Waals surface area contributed by atoms with Gasteiger partial charge in [-0.3, -0.25) is 14.2 Å². The molecule has 0 aliphatic heterocycles. The fraction of sp³-hybridized carbons (Fsp3) is 0.321. The van der Waals surface area contributed by atoms with Crippen LogP contribution in [-0.4, -0.2) is 34.5 Å². The number of hydrogen-bond acceptors (Lipinski definition) is 5. The molecular weight excluding hydrogens is 456 g/mol. The third kappa shape index (κ3) is 4.46. The first-order valence-electron chi connectivity index (χ1n) is 12.0. The van der Waals surface area contributed by atoms with Gasteiger partial charge in [0.2, 0.25) is 5.91 Å². The minimum absolute atomic E-state index is 0.0907. The van der Waals surface area contributed by atoms with Crippen LogP contribution in [0.5, 0.6) is 11.5 Å². The van der Waals surface area contributed by atoms with Gasteiger partial charge in [-0.05, 0) is 63.4 Å². The van der Waals surface area contributed by atoms with Gasteiger partial charge in [-0.15, -0.1) is 0 Å². The molecule has 0 atom stereocenters. The second-order valence-corrected chi connectivity index (χ2v) is 8.75. The Morgan fingerprint density at radius 2 is 1.81 bits per heavy atom. The third-order valence-electron chi connectivity index (χ3n) is 6.57. The molecule has 2 aromatic heterocycles. The number of para-hydroxylation sites is 1. The van der Waals surface area contributed by atoms with Crippen molar-refractivity contribution in [2.75, 3.05) is 19.5 Å². The largest absolute Gasteiger partial charge is 0.497 e. The SMILES string of the molecule is CCn1c(=O)c(CCC(=O)Nc2ccc(OC)cc2OC)c(C)c2c(C)nn(-c3ccccc3C)c21. The van der Waals surface area contributed by atoms with Gasteiger partial charge < -0.3 is 14.8 Å². The van der Waals surface area contributed by atoms with Gasteiger partial charge in [-0.2, -0.15) is 5.10 Å². The van der Waals surface area contributed by atoms with Crippen LogP contribution in [0.3, 0.4) is 0 Å². The average molecular weight is 489 g/mol. The summed E-state index contributed by atoms with van der Waals surface area (Å²) in [5.41, 5.74) is 5.61. The molecule has 188 valence electrons. The predicted octanol–water partition coefficient (Wildman–Crippen LogP) is 4.72. The summed E-state index contributed by atoms with van der Waals surface area (Å²) in [7, 11) is 3.11. The lowest BCUT2D eigenvalue weighted by molar-refractivity contribution is -0.116. The molecule has 4 rings (SSSR count). The van der Waals surface area contributed by atoms with Crippen molar-refractivity contribution in [3.05, 3.63) is 75.2 Å². The number of hydrogen-bond donors (Lipinski definition) is 1. The van der Waals surface area contributed by atoms with E-state index in [0.29, 0.717) is 35.7 Å². The van der Waals surface area contributed by atoms with Crippen LogP contribution in [0, 0.1) is 20.8 Å². The molecule has 0 saturated carbocycles. The highest BCUT2D eigenvalue weighted by Crippen LogP contribution is 2.30. The maximum atomic E-state index is 13.6. The Morgan fingerprint density at radius 3 is 2.47 bits per heavy atom. The predicted molar refractivity (Wildman–Crippen MR) is 142 cm³/mol. The summed E-state index contributed by atoms with van der Waals surface area (Å²) in [4.78, 5) is 26.4. The molecule has 0 saturated heterocycles. The van der Waals surface area contributed by atoms with Crippen molar-refractivity contribution in [2.45, 2.75) is 47.1 Å². The van der Waals surface area contributed by atoms with E-state index in [-0.39, 0.29) is 17.9 Å². The second-order valence-electron chi connectivity index (χ2n) is 8.75. The molecule has 0 aliphatic carbocycles. The minimum Gasteiger partial charge on any atom is -0.497 e. The van der Waals surface area contributed by atoms with Crippen LogP contribution in [0.25, 0.3) is 16.7 Å². The first-order valence-corrected chi connectivity index (χ1v) is 12.0. The molecule has 1 amide bonds. The number of rotatable bonds is 8. The number of aromatic nitrogens is 3. The van der Waals surface area contributed by atoms with Crippen LogP contribution >= 0.6 is 0 Å². The highest BCUT2D eigenvalue weighted by Gasteiger charge is 2.22. The lowest BCUT2D eigenvalue weighted by Gasteiger charge is -2.15. The van der Waals surface area contributed by atoms with Gasteiger partial charge >= 0.3 is 0 Å². The van der Waals surface area contributed by atoms with Crippen molar-refractivity contribution in [3.63, 3.8) is 0 Å². The number of pyridine rings is 1. The van der Waals surface area contributed by atoms with Crippen molar-refractivity contribution in [2.24, 2.45) is 0 Å². The first-order chi connectivity index (χ1) is 17.3. The van der Waals surface area contributed by atoms with Crippen molar-refractivity contribution in [1.82, 2.24) is 14.3 Å². The van der Waals surface area contributed by atoms with Gasteiger partial charge in [0, 0.05) is 30.0 Å². The quantitative estimate of drug-likeness (QED) is 0.388. The van der Waals surface area contributed by atoms with Gasteiger partial charge in [-0.25, -0.2) is 4.68 Å². The molecule has 4 aromatic rings. The number of benzene rings is 2. The number of carbonyl (C=O) groups is 1. The smallest absolute Gasteiger partial charge is 0.255 e. The Kier molecular flexibility index (Phi) is 7.15. The van der Waals surface area contributed by atoms with E-state index in [1.165, 1.54) is 7.11 Å². The summed E-state index contributed by atoms with van der Waals surface area (Å²) in [6.07, 6.45) is 0.478. The normalized spacial score (nSPS) is 11.1. The fourth-order valence-electron chi connectivity index (χ4n) is 4.68. The summed E-state index contributed by atoms with van der Waals surface area (Å²) in [6, 6.07) is 13.2. The molecule has 8 nitrogen and oxygen atoms in total. The maximum absolute atomic E-state index is 13.6. The van der Waals surface area contributed by atoms with Crippen LogP contribution in [0.2, 0.25) is 0 Å². The van der Waals surface area contributed by atoms with Crippen LogP contribution in [0.4, 0.5) is 5.69 Å². The van der Waals surface area contributed by atoms with Crippen LogP contribution in [-0.2, 0) is 17.8 Å². The lowest BCUT2D eigenvalue weighted by Crippen LogP contribution is -2.27.